The molecular formula is C19H23ClN2O5. The lowest BCUT2D eigenvalue weighted by atomic mass is 10.2. The van der Waals surface area contributed by atoms with Gasteiger partial charge in [0.1, 0.15) is 12.0 Å². The van der Waals surface area contributed by atoms with Gasteiger partial charge in [-0.15, -0.1) is 0 Å². The third-order valence-corrected chi connectivity index (χ3v) is 4.08. The maximum absolute atomic E-state index is 12.6. The van der Waals surface area contributed by atoms with Crippen molar-refractivity contribution in [1.29, 1.82) is 0 Å². The van der Waals surface area contributed by atoms with E-state index in [1.165, 1.54) is 13.4 Å². The molecular weight excluding hydrogens is 372 g/mol. The molecule has 1 amide bonds. The minimum Gasteiger partial charge on any atom is -0.484 e. The Morgan fingerprint density at radius 2 is 1.96 bits per heavy atom. The Morgan fingerprint density at radius 3 is 2.63 bits per heavy atom. The molecule has 1 aromatic carbocycles. The average Bonchev–Trinajstić information content (AvgIpc) is 3.14. The number of amides is 1. The molecule has 7 nitrogen and oxygen atoms in total. The Hall–Kier alpha value is -2.54. The van der Waals surface area contributed by atoms with E-state index in [-0.39, 0.29) is 30.6 Å². The number of ether oxygens (including phenoxy) is 2. The summed E-state index contributed by atoms with van der Waals surface area (Å²) in [5.41, 5.74) is 0.0749. The van der Waals surface area contributed by atoms with E-state index in [1.807, 2.05) is 0 Å². The van der Waals surface area contributed by atoms with E-state index in [0.717, 1.165) is 19.3 Å². The van der Waals surface area contributed by atoms with Crippen molar-refractivity contribution in [3.8, 4) is 5.75 Å². The van der Waals surface area contributed by atoms with Crippen molar-refractivity contribution >= 4 is 23.5 Å². The number of oxazole rings is 1. The maximum atomic E-state index is 12.6. The van der Waals surface area contributed by atoms with Gasteiger partial charge in [0.05, 0.1) is 13.7 Å². The summed E-state index contributed by atoms with van der Waals surface area (Å²) in [5.74, 6) is 0.0518. The average molecular weight is 395 g/mol. The van der Waals surface area contributed by atoms with Crippen molar-refractivity contribution in [2.24, 2.45) is 0 Å². The normalized spacial score (nSPS) is 10.5. The van der Waals surface area contributed by atoms with Crippen LogP contribution in [0.5, 0.6) is 5.75 Å². The lowest BCUT2D eigenvalue weighted by Gasteiger charge is -2.21. The van der Waals surface area contributed by atoms with Crippen molar-refractivity contribution < 1.29 is 23.5 Å². The number of rotatable bonds is 10. The number of unbranched alkanes of at least 4 members (excludes halogenated alkanes) is 2. The van der Waals surface area contributed by atoms with E-state index >= 15 is 0 Å². The summed E-state index contributed by atoms with van der Waals surface area (Å²) < 4.78 is 15.4. The lowest BCUT2D eigenvalue weighted by molar-refractivity contribution is -0.134. The van der Waals surface area contributed by atoms with Crippen LogP contribution >= 0.6 is 11.6 Å². The highest BCUT2D eigenvalue weighted by Gasteiger charge is 2.19. The summed E-state index contributed by atoms with van der Waals surface area (Å²) in [6.07, 6.45) is 4.11. The molecule has 0 aliphatic rings. The standard InChI is InChI=1S/C19H23ClN2O5/c1-3-4-5-10-22(11-17-21-16(12-27-17)19(24)25-2)18(23)13-26-15-8-6-14(20)7-9-15/h6-9,12H,3-5,10-11,13H2,1-2H3. The fourth-order valence-corrected chi connectivity index (χ4v) is 2.48. The molecule has 0 bridgehead atoms. The predicted octanol–water partition coefficient (Wildman–Crippen LogP) is 3.71. The van der Waals surface area contributed by atoms with E-state index < -0.39 is 5.97 Å². The molecule has 2 aromatic rings. The number of methoxy groups -OCH3 is 1. The zero-order valence-corrected chi connectivity index (χ0v) is 16.2. The van der Waals surface area contributed by atoms with Crippen LogP contribution in [0.25, 0.3) is 0 Å². The number of carbonyl (C=O) groups is 2. The van der Waals surface area contributed by atoms with Gasteiger partial charge in [-0.3, -0.25) is 4.79 Å². The van der Waals surface area contributed by atoms with Crippen LogP contribution < -0.4 is 4.74 Å². The molecule has 1 aromatic heterocycles. The number of aromatic nitrogens is 1. The smallest absolute Gasteiger partial charge is 0.360 e. The minimum absolute atomic E-state index is 0.0749. The quantitative estimate of drug-likeness (QED) is 0.451. The third-order valence-electron chi connectivity index (χ3n) is 3.83. The van der Waals surface area contributed by atoms with Gasteiger partial charge in [0.25, 0.3) is 5.91 Å². The molecule has 2 rings (SSSR count). The van der Waals surface area contributed by atoms with Gasteiger partial charge in [0, 0.05) is 11.6 Å². The number of hydrogen-bond donors (Lipinski definition) is 0. The summed E-state index contributed by atoms with van der Waals surface area (Å²) in [7, 11) is 1.27. The zero-order valence-electron chi connectivity index (χ0n) is 15.4. The van der Waals surface area contributed by atoms with Crippen LogP contribution in [0.1, 0.15) is 42.6 Å². The summed E-state index contributed by atoms with van der Waals surface area (Å²) in [4.78, 5) is 29.8. The van der Waals surface area contributed by atoms with Crippen LogP contribution in [-0.4, -0.2) is 42.0 Å². The number of benzene rings is 1. The number of carbonyl (C=O) groups excluding carboxylic acids is 2. The molecule has 0 aliphatic heterocycles. The first-order chi connectivity index (χ1) is 13.0. The van der Waals surface area contributed by atoms with Gasteiger partial charge in [-0.05, 0) is 30.7 Å². The minimum atomic E-state index is -0.583. The van der Waals surface area contributed by atoms with Crippen molar-refractivity contribution in [3.05, 3.63) is 47.1 Å². The van der Waals surface area contributed by atoms with E-state index in [0.29, 0.717) is 17.3 Å². The molecule has 0 atom stereocenters. The van der Waals surface area contributed by atoms with Gasteiger partial charge in [0.15, 0.2) is 12.3 Å². The van der Waals surface area contributed by atoms with Gasteiger partial charge >= 0.3 is 5.97 Å². The molecule has 0 saturated heterocycles. The Labute approximate surface area is 163 Å². The molecule has 0 N–H and O–H groups in total. The second-order valence-electron chi connectivity index (χ2n) is 5.88. The van der Waals surface area contributed by atoms with Gasteiger partial charge in [-0.1, -0.05) is 31.4 Å². The number of halogens is 1. The van der Waals surface area contributed by atoms with Gasteiger partial charge in [-0.25, -0.2) is 9.78 Å². The highest BCUT2D eigenvalue weighted by molar-refractivity contribution is 6.30. The lowest BCUT2D eigenvalue weighted by Crippen LogP contribution is -2.35. The molecule has 0 unspecified atom stereocenters. The van der Waals surface area contributed by atoms with Crippen molar-refractivity contribution in [1.82, 2.24) is 9.88 Å². The number of hydrogen-bond acceptors (Lipinski definition) is 6. The first-order valence-corrected chi connectivity index (χ1v) is 9.10. The second kappa shape index (κ2) is 10.6. The summed E-state index contributed by atoms with van der Waals surface area (Å²) in [6.45, 7) is 2.68. The molecule has 0 fully saturated rings. The largest absolute Gasteiger partial charge is 0.484 e. The summed E-state index contributed by atoms with van der Waals surface area (Å²) in [5, 5.41) is 0.597. The van der Waals surface area contributed by atoms with Gasteiger partial charge < -0.3 is 18.8 Å². The van der Waals surface area contributed by atoms with Crippen molar-refractivity contribution in [3.63, 3.8) is 0 Å². The molecule has 1 heterocycles. The van der Waals surface area contributed by atoms with Crippen LogP contribution in [0.3, 0.4) is 0 Å². The highest BCUT2D eigenvalue weighted by atomic mass is 35.5. The van der Waals surface area contributed by atoms with E-state index in [9.17, 15) is 9.59 Å². The van der Waals surface area contributed by atoms with Gasteiger partial charge in [0.2, 0.25) is 5.89 Å². The summed E-state index contributed by atoms with van der Waals surface area (Å²) in [6, 6.07) is 6.80. The topological polar surface area (TPSA) is 81.9 Å². The molecule has 27 heavy (non-hydrogen) atoms. The Morgan fingerprint density at radius 1 is 1.22 bits per heavy atom. The Bertz CT molecular complexity index is 745. The monoisotopic (exact) mass is 394 g/mol. The van der Waals surface area contributed by atoms with Crippen LogP contribution in [-0.2, 0) is 16.1 Å². The molecule has 8 heteroatoms. The van der Waals surface area contributed by atoms with E-state index in [2.05, 4.69) is 16.6 Å². The number of esters is 1. The first kappa shape index (κ1) is 20.8. The third kappa shape index (κ3) is 6.60. The predicted molar refractivity (Wildman–Crippen MR) is 99.7 cm³/mol. The highest BCUT2D eigenvalue weighted by Crippen LogP contribution is 2.16. The Balaban J connectivity index is 1.98. The fraction of sp³-hybridized carbons (Fsp3) is 0.421. The van der Waals surface area contributed by atoms with E-state index in [4.69, 9.17) is 20.8 Å². The summed E-state index contributed by atoms with van der Waals surface area (Å²) >= 11 is 5.84. The second-order valence-corrected chi connectivity index (χ2v) is 6.32. The van der Waals surface area contributed by atoms with Crippen molar-refractivity contribution in [2.75, 3.05) is 20.3 Å². The molecule has 0 radical (unpaired) electrons. The Kier molecular flexibility index (Phi) is 8.13. The molecule has 146 valence electrons. The van der Waals surface area contributed by atoms with Crippen LogP contribution in [0, 0.1) is 0 Å². The SMILES string of the molecule is CCCCCN(Cc1nc(C(=O)OC)co1)C(=O)COc1ccc(Cl)cc1. The van der Waals surface area contributed by atoms with Crippen LogP contribution in [0.15, 0.2) is 34.9 Å². The van der Waals surface area contributed by atoms with Crippen LogP contribution in [0.4, 0.5) is 0 Å². The van der Waals surface area contributed by atoms with E-state index in [1.54, 1.807) is 29.2 Å². The number of nitrogens with zero attached hydrogens (tertiary/aromatic N) is 2. The van der Waals surface area contributed by atoms with Crippen LogP contribution in [0.2, 0.25) is 5.02 Å². The molecule has 0 aliphatic carbocycles. The molecule has 0 saturated carbocycles. The maximum Gasteiger partial charge on any atom is 0.360 e. The van der Waals surface area contributed by atoms with Crippen molar-refractivity contribution in [2.45, 2.75) is 32.7 Å². The molecule has 0 spiro atoms. The first-order valence-electron chi connectivity index (χ1n) is 8.72. The zero-order chi connectivity index (χ0) is 19.6. The van der Waals surface area contributed by atoms with Gasteiger partial charge in [-0.2, -0.15) is 0 Å². The fourth-order valence-electron chi connectivity index (χ4n) is 2.36.